The maximum absolute atomic E-state index is 14.1. The molecule has 1 aromatic heterocycles. The second-order valence-electron chi connectivity index (χ2n) is 11.2. The van der Waals surface area contributed by atoms with Gasteiger partial charge in [0.1, 0.15) is 11.9 Å². The van der Waals surface area contributed by atoms with E-state index in [4.69, 9.17) is 33.7 Å². The van der Waals surface area contributed by atoms with Crippen LogP contribution in [-0.2, 0) is 15.0 Å². The van der Waals surface area contributed by atoms with Crippen LogP contribution in [0.1, 0.15) is 62.7 Å². The molecule has 7 nitrogen and oxygen atoms in total. The van der Waals surface area contributed by atoms with E-state index in [2.05, 4.69) is 10.3 Å². The van der Waals surface area contributed by atoms with Crippen molar-refractivity contribution in [3.63, 3.8) is 0 Å². The molecule has 10 heteroatoms. The number of nitrogens with one attached hydrogen (secondary N) is 1. The molecular weight excluding hydrogens is 566 g/mol. The van der Waals surface area contributed by atoms with Crippen molar-refractivity contribution in [1.29, 1.82) is 0 Å². The average Bonchev–Trinajstić information content (AvgIpc) is 3.59. The standard InChI is InChI=1S/C31H31Cl2FN4O3/c1-17(26-22(32)8-9-23(34)27(26)33)41-25-15-20(16-36-28(25)35)19-6-7-21-24(14-19)37-30(40)31(21)10-12-38(13-11-31)29(39)18-4-2-3-5-18/h6-9,14-18H,2-5,10-13H2,1H3,(H2,35,36)(H,37,40)/t17-/m1/s1. The third-order valence-electron chi connectivity index (χ3n) is 8.86. The van der Waals surface area contributed by atoms with Gasteiger partial charge in [0.2, 0.25) is 11.8 Å². The Balaban J connectivity index is 1.22. The molecule has 41 heavy (non-hydrogen) atoms. The van der Waals surface area contributed by atoms with E-state index in [-0.39, 0.29) is 33.6 Å². The number of anilines is 2. The Morgan fingerprint density at radius 1 is 1.15 bits per heavy atom. The molecule has 0 radical (unpaired) electrons. The number of nitrogens with zero attached hydrogens (tertiary/aromatic N) is 2. The predicted molar refractivity (Wildman–Crippen MR) is 158 cm³/mol. The van der Waals surface area contributed by atoms with Crippen molar-refractivity contribution in [1.82, 2.24) is 9.88 Å². The van der Waals surface area contributed by atoms with Crippen LogP contribution in [0.2, 0.25) is 10.0 Å². The highest BCUT2D eigenvalue weighted by Gasteiger charge is 2.49. The van der Waals surface area contributed by atoms with Crippen LogP contribution in [0.3, 0.4) is 0 Å². The highest BCUT2D eigenvalue weighted by Crippen LogP contribution is 2.47. The van der Waals surface area contributed by atoms with Crippen molar-refractivity contribution in [2.75, 3.05) is 24.1 Å². The van der Waals surface area contributed by atoms with Gasteiger partial charge in [0.05, 0.1) is 10.4 Å². The van der Waals surface area contributed by atoms with Gasteiger partial charge >= 0.3 is 0 Å². The zero-order valence-corrected chi connectivity index (χ0v) is 24.2. The average molecular weight is 598 g/mol. The van der Waals surface area contributed by atoms with Crippen molar-refractivity contribution in [3.05, 3.63) is 69.6 Å². The zero-order valence-electron chi connectivity index (χ0n) is 22.7. The second kappa shape index (κ2) is 10.8. The number of fused-ring (bicyclic) bond motifs is 2. The summed E-state index contributed by atoms with van der Waals surface area (Å²) in [4.78, 5) is 32.5. The van der Waals surface area contributed by atoms with Crippen LogP contribution in [0.25, 0.3) is 11.1 Å². The van der Waals surface area contributed by atoms with E-state index < -0.39 is 17.3 Å². The third kappa shape index (κ3) is 4.91. The van der Waals surface area contributed by atoms with Crippen LogP contribution in [0.15, 0.2) is 42.6 Å². The number of hydrogen-bond donors (Lipinski definition) is 2. The number of hydrogen-bond acceptors (Lipinski definition) is 5. The molecule has 214 valence electrons. The molecule has 3 heterocycles. The van der Waals surface area contributed by atoms with Gasteiger partial charge in [-0.05, 0) is 68.0 Å². The summed E-state index contributed by atoms with van der Waals surface area (Å²) in [6.45, 7) is 2.88. The largest absolute Gasteiger partial charge is 0.482 e. The third-order valence-corrected chi connectivity index (χ3v) is 9.57. The summed E-state index contributed by atoms with van der Waals surface area (Å²) in [5.74, 6) is 0.240. The smallest absolute Gasteiger partial charge is 0.235 e. The van der Waals surface area contributed by atoms with Crippen LogP contribution >= 0.6 is 23.2 Å². The van der Waals surface area contributed by atoms with Crippen LogP contribution in [0.4, 0.5) is 15.9 Å². The second-order valence-corrected chi connectivity index (χ2v) is 12.0. The topological polar surface area (TPSA) is 97.5 Å². The molecule has 3 aromatic rings. The Morgan fingerprint density at radius 2 is 1.88 bits per heavy atom. The normalized spacial score (nSPS) is 18.8. The van der Waals surface area contributed by atoms with Crippen molar-refractivity contribution < 1.29 is 18.7 Å². The zero-order chi connectivity index (χ0) is 28.9. The molecule has 2 aromatic carbocycles. The van der Waals surface area contributed by atoms with E-state index in [0.29, 0.717) is 37.2 Å². The number of ether oxygens (including phenoxy) is 1. The lowest BCUT2D eigenvalue weighted by Gasteiger charge is -2.39. The molecule has 0 unspecified atom stereocenters. The minimum absolute atomic E-state index is 0.0188. The lowest BCUT2D eigenvalue weighted by atomic mass is 9.73. The van der Waals surface area contributed by atoms with Gasteiger partial charge in [0.15, 0.2) is 11.6 Å². The monoisotopic (exact) mass is 596 g/mol. The van der Waals surface area contributed by atoms with Gasteiger partial charge in [-0.3, -0.25) is 9.59 Å². The minimum Gasteiger partial charge on any atom is -0.482 e. The van der Waals surface area contributed by atoms with Crippen LogP contribution in [-0.4, -0.2) is 34.8 Å². The van der Waals surface area contributed by atoms with Gasteiger partial charge in [-0.1, -0.05) is 48.2 Å². The summed E-state index contributed by atoms with van der Waals surface area (Å²) in [7, 11) is 0. The lowest BCUT2D eigenvalue weighted by molar-refractivity contribution is -0.138. The van der Waals surface area contributed by atoms with Crippen LogP contribution in [0.5, 0.6) is 5.75 Å². The first-order valence-electron chi connectivity index (χ1n) is 14.0. The summed E-state index contributed by atoms with van der Waals surface area (Å²) >= 11 is 12.4. The summed E-state index contributed by atoms with van der Waals surface area (Å²) in [5.41, 5.74) is 9.07. The fourth-order valence-electron chi connectivity index (χ4n) is 6.52. The van der Waals surface area contributed by atoms with Crippen molar-refractivity contribution in [2.45, 2.75) is 57.0 Å². The molecule has 2 fully saturated rings. The number of amides is 2. The van der Waals surface area contributed by atoms with Crippen LogP contribution < -0.4 is 15.8 Å². The highest BCUT2D eigenvalue weighted by atomic mass is 35.5. The molecule has 3 N–H and O–H groups in total. The summed E-state index contributed by atoms with van der Waals surface area (Å²) in [6, 6.07) is 10.3. The van der Waals surface area contributed by atoms with Crippen LogP contribution in [0, 0.1) is 11.7 Å². The first-order chi connectivity index (χ1) is 19.7. The van der Waals surface area contributed by atoms with Gasteiger partial charge < -0.3 is 20.7 Å². The number of rotatable bonds is 5. The number of carbonyl (C=O) groups is 2. The van der Waals surface area contributed by atoms with Crippen molar-refractivity contribution in [2.24, 2.45) is 5.92 Å². The summed E-state index contributed by atoms with van der Waals surface area (Å²) in [5, 5.41) is 3.26. The maximum Gasteiger partial charge on any atom is 0.235 e. The minimum atomic E-state index is -0.698. The quantitative estimate of drug-likeness (QED) is 0.311. The Morgan fingerprint density at radius 3 is 2.61 bits per heavy atom. The number of nitrogen functional groups attached to an aromatic ring is 1. The Bertz CT molecular complexity index is 1530. The fourth-order valence-corrected chi connectivity index (χ4v) is 7.20. The number of piperidine rings is 1. The predicted octanol–water partition coefficient (Wildman–Crippen LogP) is 6.92. The van der Waals surface area contributed by atoms with Gasteiger partial charge in [0.25, 0.3) is 0 Å². The highest BCUT2D eigenvalue weighted by molar-refractivity contribution is 6.36. The molecule has 2 amide bonds. The summed E-state index contributed by atoms with van der Waals surface area (Å²) < 4.78 is 20.1. The van der Waals surface area contributed by atoms with E-state index >= 15 is 0 Å². The molecule has 3 aliphatic rings. The molecule has 6 rings (SSSR count). The van der Waals surface area contributed by atoms with E-state index in [1.165, 1.54) is 12.1 Å². The number of pyridine rings is 1. The number of carbonyl (C=O) groups excluding carboxylic acids is 2. The first kappa shape index (κ1) is 27.8. The molecule has 2 aliphatic heterocycles. The van der Waals surface area contributed by atoms with Gasteiger partial charge in [-0.25, -0.2) is 9.37 Å². The number of likely N-dealkylation sites (tertiary alicyclic amines) is 1. The number of halogens is 3. The molecule has 1 saturated carbocycles. The number of benzene rings is 2. The van der Waals surface area contributed by atoms with Crippen molar-refractivity contribution >= 4 is 46.5 Å². The van der Waals surface area contributed by atoms with E-state index in [0.717, 1.165) is 48.1 Å². The lowest BCUT2D eigenvalue weighted by Crippen LogP contribution is -2.49. The van der Waals surface area contributed by atoms with E-state index in [1.54, 1.807) is 19.2 Å². The maximum atomic E-state index is 14.1. The molecule has 1 saturated heterocycles. The summed E-state index contributed by atoms with van der Waals surface area (Å²) in [6.07, 6.45) is 6.35. The van der Waals surface area contributed by atoms with Gasteiger partial charge in [-0.15, -0.1) is 0 Å². The molecule has 1 atom stereocenters. The van der Waals surface area contributed by atoms with E-state index in [9.17, 15) is 14.0 Å². The Kier molecular flexibility index (Phi) is 7.32. The first-order valence-corrected chi connectivity index (χ1v) is 14.7. The molecule has 1 aliphatic carbocycles. The van der Waals surface area contributed by atoms with Gasteiger partial charge in [-0.2, -0.15) is 0 Å². The van der Waals surface area contributed by atoms with Gasteiger partial charge in [0, 0.05) is 47.0 Å². The molecule has 1 spiro atoms. The Hall–Kier alpha value is -3.36. The van der Waals surface area contributed by atoms with E-state index in [1.807, 2.05) is 23.1 Å². The SMILES string of the molecule is C[C@@H](Oc1cc(-c2ccc3c(c2)NC(=O)C32CCN(C(=O)C3CCCC3)CC2)cnc1N)c1c(Cl)ccc(F)c1Cl. The molecule has 0 bridgehead atoms. The fraction of sp³-hybridized carbons (Fsp3) is 0.387. The number of aromatic nitrogens is 1. The molecular formula is C31H31Cl2FN4O3. The number of nitrogens with two attached hydrogens (primary N) is 1. The Labute approximate surface area is 248 Å². The van der Waals surface area contributed by atoms with Crippen molar-refractivity contribution in [3.8, 4) is 16.9 Å².